The van der Waals surface area contributed by atoms with Gasteiger partial charge >= 0.3 is 0 Å². The third-order valence-corrected chi connectivity index (χ3v) is 4.01. The van der Waals surface area contributed by atoms with Crippen molar-refractivity contribution in [2.45, 2.75) is 25.3 Å². The van der Waals surface area contributed by atoms with Crippen LogP contribution >= 0.6 is 0 Å². The van der Waals surface area contributed by atoms with Gasteiger partial charge in [0.05, 0.1) is 0 Å². The predicted octanol–water partition coefficient (Wildman–Crippen LogP) is 1.69. The van der Waals surface area contributed by atoms with Gasteiger partial charge in [0.2, 0.25) is 0 Å². The Morgan fingerprint density at radius 3 is 2.74 bits per heavy atom. The molecule has 1 fully saturated rings. The first-order valence-electron chi connectivity index (χ1n) is 7.53. The Morgan fingerprint density at radius 2 is 2.11 bits per heavy atom. The van der Waals surface area contributed by atoms with Gasteiger partial charge in [-0.25, -0.2) is 0 Å². The molecule has 1 N–H and O–H groups in total. The van der Waals surface area contributed by atoms with Crippen LogP contribution in [-0.2, 0) is 0 Å². The van der Waals surface area contributed by atoms with Gasteiger partial charge in [-0.3, -0.25) is 0 Å². The maximum atomic E-state index is 3.71. The molecule has 0 spiro atoms. The molecule has 1 aliphatic heterocycles. The Labute approximate surface area is 118 Å². The third kappa shape index (κ3) is 5.47. The van der Waals surface area contributed by atoms with Crippen LogP contribution in [0.4, 0.5) is 0 Å². The standard InChI is InChI=1S/C16H28N3/c1-18(2)12-13-19-10-8-16(9-11-19)17-14-15-6-4-3-5-7-15/h3-4,6-7,16-17H,5,8-14H2,1-2H3. The number of likely N-dealkylation sites (N-methyl/N-ethyl adjacent to an activating group) is 1. The van der Waals surface area contributed by atoms with Gasteiger partial charge in [-0.15, -0.1) is 0 Å². The molecule has 19 heavy (non-hydrogen) atoms. The highest BCUT2D eigenvalue weighted by Crippen LogP contribution is 2.12. The molecule has 0 atom stereocenters. The zero-order valence-electron chi connectivity index (χ0n) is 12.4. The summed E-state index contributed by atoms with van der Waals surface area (Å²) in [5.74, 6) is 0. The van der Waals surface area contributed by atoms with Crippen molar-refractivity contribution in [3.8, 4) is 0 Å². The fourth-order valence-electron chi connectivity index (χ4n) is 2.65. The van der Waals surface area contributed by atoms with Crippen molar-refractivity contribution < 1.29 is 0 Å². The lowest BCUT2D eigenvalue weighted by Crippen LogP contribution is -2.44. The maximum absolute atomic E-state index is 3.71. The normalized spacial score (nSPS) is 21.9. The number of hydrogen-bond acceptors (Lipinski definition) is 3. The topological polar surface area (TPSA) is 18.5 Å². The number of hydrogen-bond donors (Lipinski definition) is 1. The quantitative estimate of drug-likeness (QED) is 0.786. The minimum atomic E-state index is 0.704. The minimum Gasteiger partial charge on any atom is -0.310 e. The van der Waals surface area contributed by atoms with Crippen LogP contribution in [0.3, 0.4) is 0 Å². The maximum Gasteiger partial charge on any atom is 0.0204 e. The van der Waals surface area contributed by atoms with Crippen molar-refractivity contribution in [3.05, 3.63) is 30.2 Å². The molecule has 1 heterocycles. The van der Waals surface area contributed by atoms with E-state index in [1.165, 1.54) is 44.6 Å². The second-order valence-electron chi connectivity index (χ2n) is 5.91. The van der Waals surface area contributed by atoms with Gasteiger partial charge in [-0.1, -0.05) is 18.2 Å². The molecule has 0 saturated carbocycles. The van der Waals surface area contributed by atoms with Crippen LogP contribution in [0, 0.1) is 6.42 Å². The van der Waals surface area contributed by atoms with Crippen LogP contribution in [0.25, 0.3) is 0 Å². The molecule has 0 aromatic heterocycles. The third-order valence-electron chi connectivity index (χ3n) is 4.01. The number of nitrogens with one attached hydrogen (secondary N) is 1. The van der Waals surface area contributed by atoms with Crippen molar-refractivity contribution in [2.24, 2.45) is 0 Å². The summed E-state index contributed by atoms with van der Waals surface area (Å²) in [6.45, 7) is 5.91. The first kappa shape index (κ1) is 14.8. The summed E-state index contributed by atoms with van der Waals surface area (Å²) in [5, 5.41) is 3.71. The van der Waals surface area contributed by atoms with Crippen molar-refractivity contribution >= 4 is 0 Å². The van der Waals surface area contributed by atoms with Crippen LogP contribution in [0.1, 0.15) is 19.3 Å². The second kappa shape index (κ2) is 7.83. The molecule has 0 aromatic carbocycles. The van der Waals surface area contributed by atoms with Crippen LogP contribution in [-0.4, -0.2) is 62.7 Å². The number of nitrogens with zero attached hydrogens (tertiary/aromatic N) is 2. The van der Waals surface area contributed by atoms with Crippen LogP contribution in [0.15, 0.2) is 23.8 Å². The Bertz CT molecular complexity index is 312. The highest BCUT2D eigenvalue weighted by Gasteiger charge is 2.18. The molecular formula is C16H28N3. The van der Waals surface area contributed by atoms with Crippen LogP contribution in [0.5, 0.6) is 0 Å². The lowest BCUT2D eigenvalue weighted by atomic mass is 10.0. The molecule has 2 aliphatic rings. The van der Waals surface area contributed by atoms with Gasteiger partial charge in [-0.05, 0) is 58.4 Å². The van der Waals surface area contributed by atoms with E-state index in [0.29, 0.717) is 6.04 Å². The molecule has 1 radical (unpaired) electrons. The van der Waals surface area contributed by atoms with E-state index >= 15 is 0 Å². The van der Waals surface area contributed by atoms with E-state index in [0.717, 1.165) is 13.0 Å². The highest BCUT2D eigenvalue weighted by molar-refractivity contribution is 5.27. The fourth-order valence-corrected chi connectivity index (χ4v) is 2.65. The monoisotopic (exact) mass is 262 g/mol. The molecule has 1 aliphatic carbocycles. The van der Waals surface area contributed by atoms with Crippen molar-refractivity contribution in [1.82, 2.24) is 15.1 Å². The summed E-state index contributed by atoms with van der Waals surface area (Å²) in [7, 11) is 4.30. The van der Waals surface area contributed by atoms with Crippen molar-refractivity contribution in [3.63, 3.8) is 0 Å². The number of likely N-dealkylation sites (tertiary alicyclic amines) is 1. The molecule has 0 aromatic rings. The van der Waals surface area contributed by atoms with Crippen LogP contribution < -0.4 is 5.32 Å². The SMILES string of the molecule is CN(C)CCN1CCC(NCC2=CC[CH]C=C2)CC1. The van der Waals surface area contributed by atoms with E-state index in [2.05, 4.69) is 53.9 Å². The van der Waals surface area contributed by atoms with E-state index in [9.17, 15) is 0 Å². The second-order valence-corrected chi connectivity index (χ2v) is 5.91. The number of allylic oxidation sites excluding steroid dienone is 2. The molecule has 0 amide bonds. The van der Waals surface area contributed by atoms with Gasteiger partial charge in [-0.2, -0.15) is 0 Å². The Kier molecular flexibility index (Phi) is 6.08. The first-order valence-corrected chi connectivity index (χ1v) is 7.53. The first-order chi connectivity index (χ1) is 9.24. The van der Waals surface area contributed by atoms with E-state index < -0.39 is 0 Å². The summed E-state index contributed by atoms with van der Waals surface area (Å²) < 4.78 is 0. The number of rotatable bonds is 6. The zero-order chi connectivity index (χ0) is 13.5. The van der Waals surface area contributed by atoms with Crippen LogP contribution in [0.2, 0.25) is 0 Å². The van der Waals surface area contributed by atoms with Crippen molar-refractivity contribution in [1.29, 1.82) is 0 Å². The fraction of sp³-hybridized carbons (Fsp3) is 0.688. The Hall–Kier alpha value is -0.640. The predicted molar refractivity (Wildman–Crippen MR) is 82.2 cm³/mol. The van der Waals surface area contributed by atoms with Gasteiger partial charge in [0, 0.05) is 25.7 Å². The average molecular weight is 262 g/mol. The lowest BCUT2D eigenvalue weighted by molar-refractivity contribution is 0.184. The lowest BCUT2D eigenvalue weighted by Gasteiger charge is -2.33. The summed E-state index contributed by atoms with van der Waals surface area (Å²) in [5.41, 5.74) is 1.44. The van der Waals surface area contributed by atoms with Gasteiger partial charge in [0.1, 0.15) is 0 Å². The van der Waals surface area contributed by atoms with Gasteiger partial charge < -0.3 is 15.1 Å². The highest BCUT2D eigenvalue weighted by atomic mass is 15.2. The molecule has 0 bridgehead atoms. The molecule has 107 valence electrons. The molecular weight excluding hydrogens is 234 g/mol. The molecule has 2 rings (SSSR count). The Morgan fingerprint density at radius 1 is 1.32 bits per heavy atom. The number of piperidine rings is 1. The molecule has 3 nitrogen and oxygen atoms in total. The summed E-state index contributed by atoms with van der Waals surface area (Å²) in [4.78, 5) is 4.86. The summed E-state index contributed by atoms with van der Waals surface area (Å²) in [6, 6.07) is 0.704. The molecule has 3 heteroatoms. The largest absolute Gasteiger partial charge is 0.310 e. The summed E-state index contributed by atoms with van der Waals surface area (Å²) in [6.07, 6.45) is 12.6. The Balaban J connectivity index is 1.60. The zero-order valence-corrected chi connectivity index (χ0v) is 12.4. The van der Waals surface area contributed by atoms with E-state index in [1.807, 2.05) is 0 Å². The van der Waals surface area contributed by atoms with Gasteiger partial charge in [0.15, 0.2) is 0 Å². The van der Waals surface area contributed by atoms with E-state index in [-0.39, 0.29) is 0 Å². The molecule has 0 unspecified atom stereocenters. The van der Waals surface area contributed by atoms with Crippen molar-refractivity contribution in [2.75, 3.05) is 46.8 Å². The summed E-state index contributed by atoms with van der Waals surface area (Å²) >= 11 is 0. The van der Waals surface area contributed by atoms with E-state index in [4.69, 9.17) is 0 Å². The van der Waals surface area contributed by atoms with Gasteiger partial charge in [0.25, 0.3) is 0 Å². The minimum absolute atomic E-state index is 0.704. The van der Waals surface area contributed by atoms with E-state index in [1.54, 1.807) is 0 Å². The average Bonchev–Trinajstić information content (AvgIpc) is 2.45. The smallest absolute Gasteiger partial charge is 0.0204 e. The molecule has 1 saturated heterocycles.